The van der Waals surface area contributed by atoms with Crippen molar-refractivity contribution < 1.29 is 9.47 Å². The van der Waals surface area contributed by atoms with E-state index in [4.69, 9.17) is 9.47 Å². The zero-order valence-electron chi connectivity index (χ0n) is 12.4. The summed E-state index contributed by atoms with van der Waals surface area (Å²) in [4.78, 5) is 0. The van der Waals surface area contributed by atoms with Gasteiger partial charge >= 0.3 is 0 Å². The Kier molecular flexibility index (Phi) is 3.12. The molecule has 0 heterocycles. The quantitative estimate of drug-likeness (QED) is 0.493. The first-order valence-electron chi connectivity index (χ1n) is 7.17. The predicted octanol–water partition coefficient (Wildman–Crippen LogP) is 5.19. The highest BCUT2D eigenvalue weighted by atomic mass is 79.9. The maximum atomic E-state index is 5.35. The molecule has 3 aromatic carbocycles. The standard InChI is InChI=1S/C19H15BrO2/c1-21-13-5-6-15-12(7-13)9-18-17(15)8-11-3-4-14(22-2)10-16(11)19(18)20/h3-8,10H,9H2,1-2H3. The van der Waals surface area contributed by atoms with Gasteiger partial charge < -0.3 is 9.47 Å². The molecule has 0 radical (unpaired) electrons. The normalized spacial score (nSPS) is 12.1. The average Bonchev–Trinajstić information content (AvgIpc) is 2.92. The molecule has 3 aromatic rings. The van der Waals surface area contributed by atoms with E-state index < -0.39 is 0 Å². The maximum Gasteiger partial charge on any atom is 0.119 e. The first-order chi connectivity index (χ1) is 10.7. The van der Waals surface area contributed by atoms with Gasteiger partial charge in [-0.25, -0.2) is 0 Å². The number of hydrogen-bond acceptors (Lipinski definition) is 2. The number of halogens is 1. The van der Waals surface area contributed by atoms with Gasteiger partial charge in [-0.15, -0.1) is 0 Å². The Hall–Kier alpha value is -2.00. The lowest BCUT2D eigenvalue weighted by molar-refractivity contribution is 0.414. The second-order valence-electron chi connectivity index (χ2n) is 5.50. The summed E-state index contributed by atoms with van der Waals surface area (Å²) >= 11 is 3.80. The minimum Gasteiger partial charge on any atom is -0.497 e. The fourth-order valence-electron chi connectivity index (χ4n) is 3.21. The molecule has 110 valence electrons. The van der Waals surface area contributed by atoms with E-state index in [9.17, 15) is 0 Å². The van der Waals surface area contributed by atoms with E-state index in [1.165, 1.54) is 33.0 Å². The Morgan fingerprint density at radius 1 is 0.864 bits per heavy atom. The number of hydrogen-bond donors (Lipinski definition) is 0. The summed E-state index contributed by atoms with van der Waals surface area (Å²) in [5.41, 5.74) is 5.26. The van der Waals surface area contributed by atoms with Crippen LogP contribution in [0.25, 0.3) is 21.9 Å². The largest absolute Gasteiger partial charge is 0.497 e. The third-order valence-electron chi connectivity index (χ3n) is 4.36. The summed E-state index contributed by atoms with van der Waals surface area (Å²) in [5.74, 6) is 1.79. The van der Waals surface area contributed by atoms with Crippen molar-refractivity contribution in [2.24, 2.45) is 0 Å². The first-order valence-corrected chi connectivity index (χ1v) is 7.97. The van der Waals surface area contributed by atoms with Crippen molar-refractivity contribution in [3.05, 3.63) is 58.1 Å². The van der Waals surface area contributed by atoms with E-state index in [0.29, 0.717) is 0 Å². The first kappa shape index (κ1) is 13.6. The third kappa shape index (κ3) is 1.92. The van der Waals surface area contributed by atoms with Crippen molar-refractivity contribution in [1.29, 1.82) is 0 Å². The molecule has 2 nitrogen and oxygen atoms in total. The Bertz CT molecular complexity index is 900. The van der Waals surface area contributed by atoms with E-state index >= 15 is 0 Å². The molecule has 0 atom stereocenters. The molecular formula is C19H15BrO2. The molecule has 0 saturated heterocycles. The molecule has 1 aliphatic rings. The third-order valence-corrected chi connectivity index (χ3v) is 5.26. The molecule has 0 saturated carbocycles. The second-order valence-corrected chi connectivity index (χ2v) is 6.30. The minimum atomic E-state index is 0.880. The van der Waals surface area contributed by atoms with Crippen molar-refractivity contribution in [1.82, 2.24) is 0 Å². The molecule has 0 unspecified atom stereocenters. The number of ether oxygens (including phenoxy) is 2. The smallest absolute Gasteiger partial charge is 0.119 e. The van der Waals surface area contributed by atoms with Gasteiger partial charge in [-0.1, -0.05) is 12.1 Å². The lowest BCUT2D eigenvalue weighted by Gasteiger charge is -2.10. The summed E-state index contributed by atoms with van der Waals surface area (Å²) in [6.45, 7) is 0. The van der Waals surface area contributed by atoms with E-state index in [0.717, 1.165) is 22.4 Å². The Morgan fingerprint density at radius 2 is 1.59 bits per heavy atom. The predicted molar refractivity (Wildman–Crippen MR) is 93.0 cm³/mol. The zero-order chi connectivity index (χ0) is 15.3. The van der Waals surface area contributed by atoms with Crippen molar-refractivity contribution in [3.8, 4) is 22.6 Å². The molecule has 0 aromatic heterocycles. The second kappa shape index (κ2) is 5.03. The monoisotopic (exact) mass is 354 g/mol. The number of methoxy groups -OCH3 is 2. The maximum absolute atomic E-state index is 5.35. The van der Waals surface area contributed by atoms with Crippen molar-refractivity contribution in [2.45, 2.75) is 6.42 Å². The zero-order valence-corrected chi connectivity index (χ0v) is 14.0. The van der Waals surface area contributed by atoms with E-state index in [1.807, 2.05) is 12.1 Å². The molecule has 0 fully saturated rings. The van der Waals surface area contributed by atoms with Gasteiger partial charge in [0.05, 0.1) is 14.2 Å². The van der Waals surface area contributed by atoms with Gasteiger partial charge in [-0.05, 0) is 85.7 Å². The topological polar surface area (TPSA) is 18.5 Å². The molecule has 0 N–H and O–H groups in total. The van der Waals surface area contributed by atoms with Crippen LogP contribution in [0.1, 0.15) is 11.1 Å². The molecule has 0 amide bonds. The SMILES string of the molecule is COc1ccc2c(c1)Cc1c-2cc2ccc(OC)cc2c1Br. The van der Waals surface area contributed by atoms with Crippen molar-refractivity contribution >= 4 is 26.7 Å². The van der Waals surface area contributed by atoms with Crippen LogP contribution in [0.4, 0.5) is 0 Å². The van der Waals surface area contributed by atoms with E-state index in [1.54, 1.807) is 14.2 Å². The molecule has 0 aliphatic heterocycles. The minimum absolute atomic E-state index is 0.880. The Labute approximate surface area is 137 Å². The van der Waals surface area contributed by atoms with Gasteiger partial charge in [0, 0.05) is 4.47 Å². The van der Waals surface area contributed by atoms with Crippen LogP contribution in [0.2, 0.25) is 0 Å². The van der Waals surface area contributed by atoms with Gasteiger partial charge in [0.15, 0.2) is 0 Å². The van der Waals surface area contributed by atoms with Gasteiger partial charge in [0.25, 0.3) is 0 Å². The average molecular weight is 355 g/mol. The molecule has 22 heavy (non-hydrogen) atoms. The van der Waals surface area contributed by atoms with Crippen molar-refractivity contribution in [2.75, 3.05) is 14.2 Å². The van der Waals surface area contributed by atoms with Crippen LogP contribution in [0, 0.1) is 0 Å². The summed E-state index contributed by atoms with van der Waals surface area (Å²) in [6.07, 6.45) is 0.926. The number of rotatable bonds is 2. The number of benzene rings is 3. The highest BCUT2D eigenvalue weighted by Gasteiger charge is 2.23. The fraction of sp³-hybridized carbons (Fsp3) is 0.158. The molecule has 0 spiro atoms. The lowest BCUT2D eigenvalue weighted by Crippen LogP contribution is -1.88. The summed E-state index contributed by atoms with van der Waals surface area (Å²) in [7, 11) is 3.41. The summed E-state index contributed by atoms with van der Waals surface area (Å²) in [6, 6.07) is 14.8. The molecule has 0 bridgehead atoms. The molecule has 4 rings (SSSR count). The molecule has 3 heteroatoms. The summed E-state index contributed by atoms with van der Waals surface area (Å²) in [5, 5.41) is 2.41. The van der Waals surface area contributed by atoms with Gasteiger partial charge in [0.2, 0.25) is 0 Å². The molecule has 1 aliphatic carbocycles. The van der Waals surface area contributed by atoms with Crippen LogP contribution in [0.5, 0.6) is 11.5 Å². The van der Waals surface area contributed by atoms with Crippen LogP contribution in [0.3, 0.4) is 0 Å². The highest BCUT2D eigenvalue weighted by molar-refractivity contribution is 9.10. The van der Waals surface area contributed by atoms with E-state index in [2.05, 4.69) is 46.3 Å². The lowest BCUT2D eigenvalue weighted by atomic mass is 10.0. The van der Waals surface area contributed by atoms with Crippen LogP contribution in [0.15, 0.2) is 46.9 Å². The number of fused-ring (bicyclic) bond motifs is 4. The van der Waals surface area contributed by atoms with Crippen LogP contribution >= 0.6 is 15.9 Å². The fourth-order valence-corrected chi connectivity index (χ4v) is 3.91. The van der Waals surface area contributed by atoms with Gasteiger partial charge in [-0.3, -0.25) is 0 Å². The van der Waals surface area contributed by atoms with Crippen LogP contribution in [-0.4, -0.2) is 14.2 Å². The summed E-state index contributed by atoms with van der Waals surface area (Å²) < 4.78 is 11.9. The Morgan fingerprint density at radius 3 is 2.36 bits per heavy atom. The molecular weight excluding hydrogens is 340 g/mol. The van der Waals surface area contributed by atoms with Gasteiger partial charge in [-0.2, -0.15) is 0 Å². The highest BCUT2D eigenvalue weighted by Crippen LogP contribution is 2.45. The van der Waals surface area contributed by atoms with Crippen molar-refractivity contribution in [3.63, 3.8) is 0 Å². The van der Waals surface area contributed by atoms with Gasteiger partial charge in [0.1, 0.15) is 11.5 Å². The van der Waals surface area contributed by atoms with Crippen LogP contribution in [-0.2, 0) is 6.42 Å². The Balaban J connectivity index is 1.96. The van der Waals surface area contributed by atoms with Crippen LogP contribution < -0.4 is 9.47 Å². The van der Waals surface area contributed by atoms with E-state index in [-0.39, 0.29) is 0 Å².